The second kappa shape index (κ2) is 4.16. The van der Waals surface area contributed by atoms with Gasteiger partial charge in [0.25, 0.3) is 0 Å². The normalized spacial score (nSPS) is 14.4. The predicted molar refractivity (Wildman–Crippen MR) is 59.6 cm³/mol. The molecule has 4 nitrogen and oxygen atoms in total. The van der Waals surface area contributed by atoms with Crippen molar-refractivity contribution in [1.82, 2.24) is 0 Å². The molecule has 15 heavy (non-hydrogen) atoms. The van der Waals surface area contributed by atoms with Gasteiger partial charge in [0.05, 0.1) is 10.9 Å². The van der Waals surface area contributed by atoms with Gasteiger partial charge in [-0.15, -0.1) is 11.6 Å². The van der Waals surface area contributed by atoms with E-state index in [0.717, 1.165) is 0 Å². The molecule has 0 aromatic heterocycles. The zero-order chi connectivity index (χ0) is 10.8. The first-order chi connectivity index (χ1) is 7.22. The number of halogens is 2. The maximum absolute atomic E-state index is 5.97. The van der Waals surface area contributed by atoms with Crippen molar-refractivity contribution in [2.45, 2.75) is 0 Å². The molecule has 1 aliphatic heterocycles. The molecule has 0 atom stereocenters. The van der Waals surface area contributed by atoms with E-state index >= 15 is 0 Å². The van der Waals surface area contributed by atoms with Gasteiger partial charge in [-0.3, -0.25) is 0 Å². The Morgan fingerprint density at radius 1 is 1.47 bits per heavy atom. The molecule has 0 amide bonds. The van der Waals surface area contributed by atoms with Gasteiger partial charge >= 0.3 is 0 Å². The molecule has 0 aliphatic carbocycles. The largest absolute Gasteiger partial charge is 0.454 e. The summed E-state index contributed by atoms with van der Waals surface area (Å²) in [4.78, 5) is 4.07. The van der Waals surface area contributed by atoms with Crippen molar-refractivity contribution in [3.8, 4) is 11.5 Å². The van der Waals surface area contributed by atoms with Gasteiger partial charge < -0.3 is 15.2 Å². The van der Waals surface area contributed by atoms with Crippen LogP contribution in [0.25, 0.3) is 0 Å². The van der Waals surface area contributed by atoms with Crippen molar-refractivity contribution in [2.75, 3.05) is 12.7 Å². The van der Waals surface area contributed by atoms with Crippen LogP contribution in [-0.2, 0) is 0 Å². The number of nitrogens with zero attached hydrogens (tertiary/aromatic N) is 1. The third kappa shape index (κ3) is 1.96. The monoisotopic (exact) mass is 246 g/mol. The Morgan fingerprint density at radius 2 is 2.27 bits per heavy atom. The number of rotatable bonds is 2. The fraction of sp³-hybridized carbons (Fsp3) is 0.222. The minimum atomic E-state index is 0.140. The first-order valence-corrected chi connectivity index (χ1v) is 5.10. The smallest absolute Gasteiger partial charge is 0.231 e. The van der Waals surface area contributed by atoms with Crippen molar-refractivity contribution in [3.63, 3.8) is 0 Å². The molecule has 0 saturated heterocycles. The number of fused-ring (bicyclic) bond motifs is 1. The standard InChI is InChI=1S/C9H8Cl2N2O2/c10-3-7(12)13-8-5(11)1-2-6-9(8)15-4-14-6/h1-2H,3-4H2,(H2,12,13). The minimum absolute atomic E-state index is 0.140. The van der Waals surface area contributed by atoms with Crippen LogP contribution in [0.1, 0.15) is 0 Å². The third-order valence-corrected chi connectivity index (χ3v) is 2.43. The van der Waals surface area contributed by atoms with E-state index in [9.17, 15) is 0 Å². The topological polar surface area (TPSA) is 56.8 Å². The summed E-state index contributed by atoms with van der Waals surface area (Å²) in [6, 6.07) is 3.40. The molecule has 0 saturated carbocycles. The van der Waals surface area contributed by atoms with Crippen LogP contribution in [0.3, 0.4) is 0 Å². The lowest BCUT2D eigenvalue weighted by molar-refractivity contribution is 0.174. The molecular formula is C9H8Cl2N2O2. The maximum atomic E-state index is 5.97. The molecule has 2 rings (SSSR count). The fourth-order valence-corrected chi connectivity index (χ4v) is 1.46. The molecule has 1 heterocycles. The number of aliphatic imine (C=N–C) groups is 1. The molecular weight excluding hydrogens is 239 g/mol. The van der Waals surface area contributed by atoms with E-state index in [1.807, 2.05) is 0 Å². The zero-order valence-corrected chi connectivity index (χ0v) is 9.18. The summed E-state index contributed by atoms with van der Waals surface area (Å²) in [5, 5.41) is 0.451. The average molecular weight is 247 g/mol. The summed E-state index contributed by atoms with van der Waals surface area (Å²) in [5.74, 6) is 1.54. The van der Waals surface area contributed by atoms with Gasteiger partial charge in [0, 0.05) is 0 Å². The Morgan fingerprint density at radius 3 is 3.00 bits per heavy atom. The van der Waals surface area contributed by atoms with E-state index in [4.69, 9.17) is 38.4 Å². The maximum Gasteiger partial charge on any atom is 0.231 e. The van der Waals surface area contributed by atoms with Crippen molar-refractivity contribution >= 4 is 34.7 Å². The number of ether oxygens (including phenoxy) is 2. The van der Waals surface area contributed by atoms with Crippen LogP contribution in [0, 0.1) is 0 Å². The van der Waals surface area contributed by atoms with E-state index in [1.54, 1.807) is 12.1 Å². The summed E-state index contributed by atoms with van der Waals surface area (Å²) in [6.07, 6.45) is 0. The second-order valence-electron chi connectivity index (χ2n) is 2.87. The molecule has 0 unspecified atom stereocenters. The van der Waals surface area contributed by atoms with Crippen molar-refractivity contribution < 1.29 is 9.47 Å². The summed E-state index contributed by atoms with van der Waals surface area (Å²) in [7, 11) is 0. The van der Waals surface area contributed by atoms with Gasteiger partial charge in [-0.1, -0.05) is 11.6 Å². The van der Waals surface area contributed by atoms with Gasteiger partial charge in [0.2, 0.25) is 6.79 Å². The molecule has 6 heteroatoms. The lowest BCUT2D eigenvalue weighted by Crippen LogP contribution is -2.12. The van der Waals surface area contributed by atoms with E-state index in [0.29, 0.717) is 22.2 Å². The molecule has 1 aromatic rings. The minimum Gasteiger partial charge on any atom is -0.454 e. The number of nitrogens with two attached hydrogens (primary N) is 1. The number of hydrogen-bond donors (Lipinski definition) is 1. The Kier molecular flexibility index (Phi) is 2.88. The highest BCUT2D eigenvalue weighted by molar-refractivity contribution is 6.34. The van der Waals surface area contributed by atoms with Crippen molar-refractivity contribution in [1.29, 1.82) is 0 Å². The van der Waals surface area contributed by atoms with Crippen LogP contribution in [0.4, 0.5) is 5.69 Å². The molecule has 0 radical (unpaired) electrons. The van der Waals surface area contributed by atoms with Gasteiger partial charge in [-0.05, 0) is 12.1 Å². The fourth-order valence-electron chi connectivity index (χ4n) is 1.21. The van der Waals surface area contributed by atoms with Crippen LogP contribution >= 0.6 is 23.2 Å². The van der Waals surface area contributed by atoms with Gasteiger partial charge in [-0.25, -0.2) is 4.99 Å². The van der Waals surface area contributed by atoms with Crippen molar-refractivity contribution in [3.05, 3.63) is 17.2 Å². The second-order valence-corrected chi connectivity index (χ2v) is 3.54. The third-order valence-electron chi connectivity index (χ3n) is 1.86. The quantitative estimate of drug-likeness (QED) is 0.495. The lowest BCUT2D eigenvalue weighted by atomic mass is 10.2. The number of hydrogen-bond acceptors (Lipinski definition) is 3. The Bertz CT molecular complexity index is 421. The van der Waals surface area contributed by atoms with E-state index in [-0.39, 0.29) is 18.5 Å². The summed E-state index contributed by atoms with van der Waals surface area (Å²) in [6.45, 7) is 0.166. The number of benzene rings is 1. The van der Waals surface area contributed by atoms with Gasteiger partial charge in [0.15, 0.2) is 11.5 Å². The Hall–Kier alpha value is -1.13. The van der Waals surface area contributed by atoms with Crippen LogP contribution in [0.5, 0.6) is 11.5 Å². The molecule has 0 fully saturated rings. The van der Waals surface area contributed by atoms with Gasteiger partial charge in [-0.2, -0.15) is 0 Å². The molecule has 0 bridgehead atoms. The summed E-state index contributed by atoms with van der Waals surface area (Å²) in [5.41, 5.74) is 5.99. The SMILES string of the molecule is NC(CCl)=Nc1c(Cl)ccc2c1OCO2. The predicted octanol–water partition coefficient (Wildman–Crippen LogP) is 2.30. The van der Waals surface area contributed by atoms with Crippen LogP contribution in [0.2, 0.25) is 5.02 Å². The van der Waals surface area contributed by atoms with Crippen LogP contribution in [0.15, 0.2) is 17.1 Å². The van der Waals surface area contributed by atoms with E-state index in [1.165, 1.54) is 0 Å². The molecule has 80 valence electrons. The zero-order valence-electron chi connectivity index (χ0n) is 7.67. The molecule has 1 aliphatic rings. The Balaban J connectivity index is 2.50. The van der Waals surface area contributed by atoms with Crippen LogP contribution in [-0.4, -0.2) is 18.5 Å². The first-order valence-electron chi connectivity index (χ1n) is 4.19. The molecule has 1 aromatic carbocycles. The van der Waals surface area contributed by atoms with Gasteiger partial charge in [0.1, 0.15) is 11.5 Å². The number of amidine groups is 1. The molecule has 0 spiro atoms. The first kappa shape index (κ1) is 10.4. The highest BCUT2D eigenvalue weighted by Gasteiger charge is 2.20. The summed E-state index contributed by atoms with van der Waals surface area (Å²) >= 11 is 11.5. The lowest BCUT2D eigenvalue weighted by Gasteiger charge is -2.03. The number of alkyl halides is 1. The highest BCUT2D eigenvalue weighted by atomic mass is 35.5. The molecule has 2 N–H and O–H groups in total. The van der Waals surface area contributed by atoms with E-state index in [2.05, 4.69) is 4.99 Å². The average Bonchev–Trinajstić information content (AvgIpc) is 2.70. The van der Waals surface area contributed by atoms with E-state index < -0.39 is 0 Å². The van der Waals surface area contributed by atoms with Crippen LogP contribution < -0.4 is 15.2 Å². The summed E-state index contributed by atoms with van der Waals surface area (Å²) < 4.78 is 10.4. The Labute approximate surface area is 96.6 Å². The van der Waals surface area contributed by atoms with Crippen molar-refractivity contribution in [2.24, 2.45) is 10.7 Å². The highest BCUT2D eigenvalue weighted by Crippen LogP contribution is 2.45.